The normalized spacial score (nSPS) is 10.4. The van der Waals surface area contributed by atoms with E-state index in [0.717, 1.165) is 5.56 Å². The molecule has 6 heteroatoms. The number of nitrogens with zero attached hydrogens (tertiary/aromatic N) is 1. The number of aromatic hydroxyl groups is 1. The van der Waals surface area contributed by atoms with Crippen LogP contribution in [0.5, 0.6) is 17.2 Å². The molecule has 0 aliphatic rings. The number of benzene rings is 2. The molecule has 0 aromatic heterocycles. The minimum atomic E-state index is -0.427. The molecule has 0 aliphatic heterocycles. The van der Waals surface area contributed by atoms with Gasteiger partial charge in [-0.2, -0.15) is 5.10 Å². The second kappa shape index (κ2) is 9.12. The Bertz CT molecular complexity index is 772. The van der Waals surface area contributed by atoms with Gasteiger partial charge in [-0.1, -0.05) is 30.3 Å². The van der Waals surface area contributed by atoms with Crippen molar-refractivity contribution in [3.8, 4) is 17.2 Å². The van der Waals surface area contributed by atoms with Crippen molar-refractivity contribution in [2.75, 3.05) is 13.7 Å². The van der Waals surface area contributed by atoms with Gasteiger partial charge in [0.15, 0.2) is 18.1 Å². The van der Waals surface area contributed by atoms with Crippen LogP contribution in [0.2, 0.25) is 0 Å². The topological polar surface area (TPSA) is 80.2 Å². The summed E-state index contributed by atoms with van der Waals surface area (Å²) < 4.78 is 10.5. The molecule has 0 radical (unpaired) electrons. The highest BCUT2D eigenvalue weighted by atomic mass is 16.5. The number of ether oxygens (including phenoxy) is 2. The molecule has 2 N–H and O–H groups in total. The van der Waals surface area contributed by atoms with Crippen LogP contribution in [0.3, 0.4) is 0 Å². The minimum absolute atomic E-state index is 0.116. The second-order valence-corrected chi connectivity index (χ2v) is 5.08. The van der Waals surface area contributed by atoms with Gasteiger partial charge < -0.3 is 14.6 Å². The molecule has 0 saturated carbocycles. The third kappa shape index (κ3) is 5.10. The number of phenolic OH excluding ortho intramolecular Hbond substituents is 1. The van der Waals surface area contributed by atoms with Gasteiger partial charge in [0.1, 0.15) is 5.75 Å². The molecule has 0 bridgehead atoms. The molecule has 0 aliphatic carbocycles. The fourth-order valence-electron chi connectivity index (χ4n) is 2.12. The highest BCUT2D eigenvalue weighted by Gasteiger charge is 2.07. The standard InChI is InChI=1S/C19H20N2O4/c1-3-7-14-8-6-9-15(19(14)23)12-20-21-18(22)13-25-17-11-5-4-10-16(17)24-2/h3-6,8-12,23H,1,7,13H2,2H3,(H,21,22). The summed E-state index contributed by atoms with van der Waals surface area (Å²) in [6.45, 7) is 3.44. The number of hydrogen-bond donors (Lipinski definition) is 2. The van der Waals surface area contributed by atoms with Crippen LogP contribution in [0.25, 0.3) is 0 Å². The predicted octanol–water partition coefficient (Wildman–Crippen LogP) is 2.66. The van der Waals surface area contributed by atoms with Crippen molar-refractivity contribution < 1.29 is 19.4 Å². The van der Waals surface area contributed by atoms with E-state index in [1.54, 1.807) is 42.5 Å². The van der Waals surface area contributed by atoms with Crippen LogP contribution in [0.15, 0.2) is 60.2 Å². The number of phenols is 1. The highest BCUT2D eigenvalue weighted by Crippen LogP contribution is 2.25. The Labute approximate surface area is 146 Å². The summed E-state index contributed by atoms with van der Waals surface area (Å²) in [4.78, 5) is 11.8. The number of nitrogens with one attached hydrogen (secondary N) is 1. The van der Waals surface area contributed by atoms with E-state index < -0.39 is 5.91 Å². The van der Waals surface area contributed by atoms with Crippen molar-refractivity contribution in [2.24, 2.45) is 5.10 Å². The smallest absolute Gasteiger partial charge is 0.277 e. The predicted molar refractivity (Wildman–Crippen MR) is 96.2 cm³/mol. The van der Waals surface area contributed by atoms with Gasteiger partial charge in [-0.05, 0) is 30.2 Å². The first-order chi connectivity index (χ1) is 12.2. The zero-order valence-corrected chi connectivity index (χ0v) is 13.9. The van der Waals surface area contributed by atoms with Gasteiger partial charge in [0, 0.05) is 5.56 Å². The van der Waals surface area contributed by atoms with E-state index in [1.807, 2.05) is 6.07 Å². The molecule has 25 heavy (non-hydrogen) atoms. The fourth-order valence-corrected chi connectivity index (χ4v) is 2.12. The zero-order chi connectivity index (χ0) is 18.1. The first-order valence-corrected chi connectivity index (χ1v) is 7.65. The van der Waals surface area contributed by atoms with Gasteiger partial charge in [-0.15, -0.1) is 6.58 Å². The number of carbonyl (C=O) groups is 1. The molecule has 1 amide bonds. The van der Waals surface area contributed by atoms with Gasteiger partial charge in [-0.25, -0.2) is 5.43 Å². The van der Waals surface area contributed by atoms with Crippen molar-refractivity contribution in [1.29, 1.82) is 0 Å². The maximum atomic E-state index is 11.8. The molecule has 130 valence electrons. The minimum Gasteiger partial charge on any atom is -0.507 e. The van der Waals surface area contributed by atoms with Crippen LogP contribution in [0.1, 0.15) is 11.1 Å². The van der Waals surface area contributed by atoms with E-state index in [1.165, 1.54) is 13.3 Å². The van der Waals surface area contributed by atoms with Crippen molar-refractivity contribution in [3.63, 3.8) is 0 Å². The Hall–Kier alpha value is -3.28. The molecule has 0 unspecified atom stereocenters. The van der Waals surface area contributed by atoms with Crippen molar-refractivity contribution in [2.45, 2.75) is 6.42 Å². The summed E-state index contributed by atoms with van der Waals surface area (Å²) in [7, 11) is 1.53. The van der Waals surface area contributed by atoms with E-state index in [0.29, 0.717) is 23.5 Å². The number of methoxy groups -OCH3 is 1. The third-order valence-corrected chi connectivity index (χ3v) is 3.34. The average molecular weight is 340 g/mol. The zero-order valence-electron chi connectivity index (χ0n) is 13.9. The first kappa shape index (κ1) is 18.1. The largest absolute Gasteiger partial charge is 0.507 e. The maximum absolute atomic E-state index is 11.8. The molecule has 0 heterocycles. The summed E-state index contributed by atoms with van der Waals surface area (Å²) in [5.74, 6) is 0.705. The third-order valence-electron chi connectivity index (χ3n) is 3.34. The Morgan fingerprint density at radius 2 is 2.00 bits per heavy atom. The maximum Gasteiger partial charge on any atom is 0.277 e. The molecule has 2 rings (SSSR count). The quantitative estimate of drug-likeness (QED) is 0.440. The van der Waals surface area contributed by atoms with Crippen molar-refractivity contribution >= 4 is 12.1 Å². The van der Waals surface area contributed by atoms with Crippen LogP contribution in [-0.4, -0.2) is 30.9 Å². The van der Waals surface area contributed by atoms with Crippen LogP contribution in [0, 0.1) is 0 Å². The van der Waals surface area contributed by atoms with Gasteiger partial charge in [0.05, 0.1) is 13.3 Å². The molecule has 2 aromatic rings. The number of hydrazone groups is 1. The lowest BCUT2D eigenvalue weighted by molar-refractivity contribution is -0.123. The number of para-hydroxylation sites is 3. The monoisotopic (exact) mass is 340 g/mol. The molecule has 6 nitrogen and oxygen atoms in total. The van der Waals surface area contributed by atoms with Crippen LogP contribution < -0.4 is 14.9 Å². The number of hydrogen-bond acceptors (Lipinski definition) is 5. The van der Waals surface area contributed by atoms with E-state index in [4.69, 9.17) is 9.47 Å². The number of allylic oxidation sites excluding steroid dienone is 1. The van der Waals surface area contributed by atoms with E-state index in [2.05, 4.69) is 17.1 Å². The van der Waals surface area contributed by atoms with Crippen LogP contribution >= 0.6 is 0 Å². The molecule has 0 fully saturated rings. The lowest BCUT2D eigenvalue weighted by atomic mass is 10.1. The summed E-state index contributed by atoms with van der Waals surface area (Å²) >= 11 is 0. The molecule has 0 saturated heterocycles. The summed E-state index contributed by atoms with van der Waals surface area (Å²) in [5, 5.41) is 13.9. The lowest BCUT2D eigenvalue weighted by Crippen LogP contribution is -2.24. The Kier molecular flexibility index (Phi) is 6.59. The summed E-state index contributed by atoms with van der Waals surface area (Å²) in [6, 6.07) is 12.3. The fraction of sp³-hybridized carbons (Fsp3) is 0.158. The summed E-state index contributed by atoms with van der Waals surface area (Å²) in [6.07, 6.45) is 3.63. The number of carbonyl (C=O) groups excluding carboxylic acids is 1. The Balaban J connectivity index is 1.90. The van der Waals surface area contributed by atoms with E-state index in [9.17, 15) is 9.90 Å². The van der Waals surface area contributed by atoms with Gasteiger partial charge in [-0.3, -0.25) is 4.79 Å². The highest BCUT2D eigenvalue weighted by molar-refractivity contribution is 5.86. The number of rotatable bonds is 8. The molecule has 0 atom stereocenters. The van der Waals surface area contributed by atoms with Crippen molar-refractivity contribution in [3.05, 3.63) is 66.2 Å². The number of amides is 1. The SMILES string of the molecule is C=CCc1cccc(C=NNC(=O)COc2ccccc2OC)c1O. The van der Waals surface area contributed by atoms with Gasteiger partial charge in [0.25, 0.3) is 5.91 Å². The molecular weight excluding hydrogens is 320 g/mol. The summed E-state index contributed by atoms with van der Waals surface area (Å²) in [5.41, 5.74) is 3.60. The average Bonchev–Trinajstić information content (AvgIpc) is 2.63. The Morgan fingerprint density at radius 3 is 2.72 bits per heavy atom. The Morgan fingerprint density at radius 1 is 1.24 bits per heavy atom. The van der Waals surface area contributed by atoms with Gasteiger partial charge >= 0.3 is 0 Å². The van der Waals surface area contributed by atoms with Gasteiger partial charge in [0.2, 0.25) is 0 Å². The second-order valence-electron chi connectivity index (χ2n) is 5.08. The van der Waals surface area contributed by atoms with Crippen LogP contribution in [0.4, 0.5) is 0 Å². The molecular formula is C19H20N2O4. The van der Waals surface area contributed by atoms with E-state index >= 15 is 0 Å². The van der Waals surface area contributed by atoms with E-state index in [-0.39, 0.29) is 12.4 Å². The molecule has 0 spiro atoms. The first-order valence-electron chi connectivity index (χ1n) is 7.65. The lowest BCUT2D eigenvalue weighted by Gasteiger charge is -2.09. The van der Waals surface area contributed by atoms with Crippen molar-refractivity contribution in [1.82, 2.24) is 5.43 Å². The van der Waals surface area contributed by atoms with Crippen LogP contribution in [-0.2, 0) is 11.2 Å². The molecule has 2 aromatic carbocycles.